The fraction of sp³-hybridized carbons (Fsp3) is 0.591. The van der Waals surface area contributed by atoms with Gasteiger partial charge in [0.15, 0.2) is 6.23 Å². The molecule has 2 N–H and O–H groups in total. The van der Waals surface area contributed by atoms with E-state index in [-0.39, 0.29) is 12.5 Å². The van der Waals surface area contributed by atoms with Gasteiger partial charge in [0.25, 0.3) is 0 Å². The van der Waals surface area contributed by atoms with Crippen LogP contribution >= 0.6 is 11.8 Å². The van der Waals surface area contributed by atoms with Gasteiger partial charge in [-0.15, -0.1) is 0 Å². The molecule has 1 aromatic rings. The number of thioether (sulfide) groups is 1. The molecule has 1 aromatic carbocycles. The number of hydrogen-bond donors (Lipinski definition) is 2. The summed E-state index contributed by atoms with van der Waals surface area (Å²) in [7, 11) is 3.14. The van der Waals surface area contributed by atoms with E-state index in [1.807, 2.05) is 6.07 Å². The van der Waals surface area contributed by atoms with Gasteiger partial charge in [-0.05, 0) is 50.5 Å². The first-order valence-electron chi connectivity index (χ1n) is 10.7. The Bertz CT molecular complexity index is 822. The minimum atomic E-state index is -1.43. The number of nitrogens with zero attached hydrogens (tertiary/aromatic N) is 1. The first-order chi connectivity index (χ1) is 15.8. The second kappa shape index (κ2) is 13.1. The monoisotopic (exact) mass is 484 g/mol. The summed E-state index contributed by atoms with van der Waals surface area (Å²) in [4.78, 5) is 38.1. The summed E-state index contributed by atoms with van der Waals surface area (Å²) in [6.45, 7) is 3.92. The van der Waals surface area contributed by atoms with Crippen molar-refractivity contribution in [2.45, 2.75) is 45.0 Å². The number of carbonyl (C=O) groups excluding carboxylic acids is 2. The lowest BCUT2D eigenvalue weighted by molar-refractivity contribution is -0.147. The number of amides is 1. The maximum atomic E-state index is 13.1. The van der Waals surface area contributed by atoms with Gasteiger partial charge in [-0.1, -0.05) is 0 Å². The van der Waals surface area contributed by atoms with E-state index in [9.17, 15) is 14.4 Å². The lowest BCUT2D eigenvalue weighted by atomic mass is 10.0. The topological polar surface area (TPSA) is 124 Å². The average Bonchev–Trinajstić information content (AvgIpc) is 2.80. The van der Waals surface area contributed by atoms with Crippen LogP contribution in [0.1, 0.15) is 25.8 Å². The Labute approximate surface area is 197 Å². The van der Waals surface area contributed by atoms with Crippen LogP contribution in [-0.2, 0) is 25.5 Å². The molecule has 0 saturated carbocycles. The third-order valence-electron chi connectivity index (χ3n) is 5.19. The molecule has 1 heterocycles. The van der Waals surface area contributed by atoms with Gasteiger partial charge in [0, 0.05) is 12.3 Å². The van der Waals surface area contributed by atoms with Crippen LogP contribution in [0, 0.1) is 0 Å². The molecule has 0 radical (unpaired) electrons. The zero-order valence-electron chi connectivity index (χ0n) is 19.4. The van der Waals surface area contributed by atoms with Crippen LogP contribution < -0.4 is 14.8 Å². The van der Waals surface area contributed by atoms with Crippen LogP contribution in [0.2, 0.25) is 0 Å². The van der Waals surface area contributed by atoms with Gasteiger partial charge in [0.1, 0.15) is 17.5 Å². The number of carbonyl (C=O) groups is 3. The molecule has 11 heteroatoms. The molecule has 33 heavy (non-hydrogen) atoms. The van der Waals surface area contributed by atoms with Crippen molar-refractivity contribution < 1.29 is 38.4 Å². The van der Waals surface area contributed by atoms with E-state index in [4.69, 9.17) is 24.1 Å². The Morgan fingerprint density at radius 3 is 2.67 bits per heavy atom. The summed E-state index contributed by atoms with van der Waals surface area (Å²) in [5.41, 5.74) is 0.856. The number of aryl methyl sites for hydroxylation is 1. The summed E-state index contributed by atoms with van der Waals surface area (Å²) in [6, 6.07) is 3.92. The number of esters is 1. The van der Waals surface area contributed by atoms with E-state index in [0.29, 0.717) is 42.4 Å². The number of nitrogens with one attached hydrogen (secondary N) is 1. The van der Waals surface area contributed by atoms with Gasteiger partial charge >= 0.3 is 12.1 Å². The minimum Gasteiger partial charge on any atom is -0.497 e. The summed E-state index contributed by atoms with van der Waals surface area (Å²) in [6.07, 6.45) is -1.47. The van der Waals surface area contributed by atoms with Crippen molar-refractivity contribution in [3.63, 3.8) is 0 Å². The zero-order valence-corrected chi connectivity index (χ0v) is 20.2. The van der Waals surface area contributed by atoms with Gasteiger partial charge < -0.3 is 29.0 Å². The van der Waals surface area contributed by atoms with Gasteiger partial charge in [0.2, 0.25) is 5.91 Å². The number of rotatable bonds is 11. The van der Waals surface area contributed by atoms with E-state index in [1.165, 1.54) is 16.7 Å². The normalized spacial score (nSPS) is 17.6. The molecule has 2 unspecified atom stereocenters. The maximum absolute atomic E-state index is 13.1. The first kappa shape index (κ1) is 26.6. The Hall–Kier alpha value is -2.66. The van der Waals surface area contributed by atoms with Crippen molar-refractivity contribution in [3.8, 4) is 11.5 Å². The smallest absolute Gasteiger partial charge is 0.497 e. The van der Waals surface area contributed by atoms with Crippen LogP contribution in [0.5, 0.6) is 11.5 Å². The quantitative estimate of drug-likeness (QED) is 0.452. The average molecular weight is 485 g/mol. The van der Waals surface area contributed by atoms with E-state index in [1.54, 1.807) is 40.2 Å². The van der Waals surface area contributed by atoms with E-state index >= 15 is 0 Å². The van der Waals surface area contributed by atoms with Gasteiger partial charge in [-0.3, -0.25) is 14.9 Å². The lowest BCUT2D eigenvalue weighted by Gasteiger charge is -2.36. The summed E-state index contributed by atoms with van der Waals surface area (Å²) in [5.74, 6) is 1.57. The lowest BCUT2D eigenvalue weighted by Crippen LogP contribution is -2.56. The predicted octanol–water partition coefficient (Wildman–Crippen LogP) is 2.14. The summed E-state index contributed by atoms with van der Waals surface area (Å²) in [5, 5.41) is 12.0. The highest BCUT2D eigenvalue weighted by atomic mass is 32.2. The molecule has 2 rings (SSSR count). The first-order valence-corrected chi connectivity index (χ1v) is 11.9. The second-order valence-electron chi connectivity index (χ2n) is 7.35. The standard InChI is InChI=1S/C22H32N2O8S/c1-5-31-21(26)17(8-6-15-12-16(29-3)7-9-18(15)30-4)23-14(2)20(25)24-10-11-33-13-19(24)32-22(27)28/h7,9,12,14,17,19,23H,5-6,8,10-11,13H2,1-4H3,(H,27,28)/t14-,17?,19?/m0/s1. The predicted molar refractivity (Wildman–Crippen MR) is 123 cm³/mol. The SMILES string of the molecule is CCOC(=O)C(CCc1cc(OC)ccc1OC)N[C@@H](C)C(=O)N1CCSCC1OC(=O)O. The van der Waals surface area contributed by atoms with Crippen molar-refractivity contribution in [2.24, 2.45) is 0 Å². The molecule has 1 saturated heterocycles. The molecule has 3 atom stereocenters. The molecule has 1 fully saturated rings. The molecule has 1 amide bonds. The molecule has 1 aliphatic heterocycles. The molecular formula is C22H32N2O8S. The van der Waals surface area contributed by atoms with Gasteiger partial charge in [-0.25, -0.2) is 4.79 Å². The van der Waals surface area contributed by atoms with Crippen molar-refractivity contribution in [3.05, 3.63) is 23.8 Å². The molecule has 1 aliphatic rings. The Morgan fingerprint density at radius 2 is 2.03 bits per heavy atom. The van der Waals surface area contributed by atoms with Crippen molar-refractivity contribution in [2.75, 3.05) is 38.9 Å². The highest BCUT2D eigenvalue weighted by molar-refractivity contribution is 7.99. The second-order valence-corrected chi connectivity index (χ2v) is 8.50. The highest BCUT2D eigenvalue weighted by Crippen LogP contribution is 2.26. The van der Waals surface area contributed by atoms with E-state index in [0.717, 1.165) is 5.56 Å². The van der Waals surface area contributed by atoms with Crippen molar-refractivity contribution in [1.29, 1.82) is 0 Å². The van der Waals surface area contributed by atoms with Crippen molar-refractivity contribution >= 4 is 29.8 Å². The molecule has 0 aromatic heterocycles. The van der Waals surface area contributed by atoms with Crippen LogP contribution in [0.15, 0.2) is 18.2 Å². The van der Waals surface area contributed by atoms with Crippen LogP contribution in [0.4, 0.5) is 4.79 Å². The number of hydrogen-bond acceptors (Lipinski definition) is 9. The maximum Gasteiger partial charge on any atom is 0.507 e. The Kier molecular flexibility index (Phi) is 10.6. The molecule has 184 valence electrons. The molecule has 0 spiro atoms. The highest BCUT2D eigenvalue weighted by Gasteiger charge is 2.34. The summed E-state index contributed by atoms with van der Waals surface area (Å²) >= 11 is 1.52. The van der Waals surface area contributed by atoms with Gasteiger partial charge in [-0.2, -0.15) is 11.8 Å². The van der Waals surface area contributed by atoms with E-state index in [2.05, 4.69) is 5.32 Å². The summed E-state index contributed by atoms with van der Waals surface area (Å²) < 4.78 is 20.8. The van der Waals surface area contributed by atoms with Gasteiger partial charge in [0.05, 0.1) is 32.6 Å². The minimum absolute atomic E-state index is 0.208. The van der Waals surface area contributed by atoms with Crippen LogP contribution in [0.3, 0.4) is 0 Å². The Morgan fingerprint density at radius 1 is 1.27 bits per heavy atom. The van der Waals surface area contributed by atoms with E-state index < -0.39 is 30.4 Å². The van der Waals surface area contributed by atoms with Crippen molar-refractivity contribution in [1.82, 2.24) is 10.2 Å². The molecule has 0 aliphatic carbocycles. The largest absolute Gasteiger partial charge is 0.507 e. The number of benzene rings is 1. The molecule has 0 bridgehead atoms. The van der Waals surface area contributed by atoms with Crippen LogP contribution in [-0.4, -0.2) is 85.2 Å². The number of ether oxygens (including phenoxy) is 4. The third kappa shape index (κ3) is 7.71. The fourth-order valence-corrected chi connectivity index (χ4v) is 4.50. The number of carboxylic acid groups (broad SMARTS) is 1. The zero-order chi connectivity index (χ0) is 24.4. The van der Waals surface area contributed by atoms with Crippen LogP contribution in [0.25, 0.3) is 0 Å². The third-order valence-corrected chi connectivity index (χ3v) is 6.18. The Balaban J connectivity index is 2.11. The molecular weight excluding hydrogens is 452 g/mol. The number of methoxy groups -OCH3 is 2. The molecule has 10 nitrogen and oxygen atoms in total. The fourth-order valence-electron chi connectivity index (χ4n) is 3.56.